The Kier molecular flexibility index (Phi) is 7.12. The van der Waals surface area contributed by atoms with E-state index in [9.17, 15) is 4.79 Å². The third-order valence-electron chi connectivity index (χ3n) is 4.64. The van der Waals surface area contributed by atoms with E-state index in [1.807, 2.05) is 69.3 Å². The Balaban J connectivity index is 1.84. The SMILES string of the molecule is CCCOc1ccc(NC(=O)c2c(C)nn(-c3ccccc3)c2C)cc1OCCC. The fourth-order valence-electron chi connectivity index (χ4n) is 3.23. The van der Waals surface area contributed by atoms with Gasteiger partial charge in [-0.1, -0.05) is 32.0 Å². The van der Waals surface area contributed by atoms with Gasteiger partial charge in [-0.3, -0.25) is 4.79 Å². The van der Waals surface area contributed by atoms with Gasteiger partial charge in [-0.25, -0.2) is 4.68 Å². The minimum Gasteiger partial charge on any atom is -0.490 e. The summed E-state index contributed by atoms with van der Waals surface area (Å²) in [5.41, 5.74) is 3.62. The fourth-order valence-corrected chi connectivity index (χ4v) is 3.23. The molecule has 0 radical (unpaired) electrons. The summed E-state index contributed by atoms with van der Waals surface area (Å²) in [6.07, 6.45) is 1.80. The van der Waals surface area contributed by atoms with Gasteiger partial charge in [0.05, 0.1) is 35.9 Å². The molecule has 3 aromatic rings. The Bertz CT molecular complexity index is 996. The second kappa shape index (κ2) is 9.96. The van der Waals surface area contributed by atoms with Crippen LogP contribution in [-0.2, 0) is 0 Å². The first kappa shape index (κ1) is 21.4. The molecule has 0 fully saturated rings. The number of nitrogens with zero attached hydrogens (tertiary/aromatic N) is 2. The van der Waals surface area contributed by atoms with Crippen molar-refractivity contribution in [2.24, 2.45) is 0 Å². The van der Waals surface area contributed by atoms with E-state index >= 15 is 0 Å². The predicted molar refractivity (Wildman–Crippen MR) is 119 cm³/mol. The molecule has 2 aromatic carbocycles. The first-order valence-corrected chi connectivity index (χ1v) is 10.4. The van der Waals surface area contributed by atoms with Crippen LogP contribution in [0.5, 0.6) is 11.5 Å². The minimum absolute atomic E-state index is 0.198. The Morgan fingerprint density at radius 3 is 2.30 bits per heavy atom. The zero-order chi connectivity index (χ0) is 21.5. The highest BCUT2D eigenvalue weighted by atomic mass is 16.5. The van der Waals surface area contributed by atoms with Crippen molar-refractivity contribution in [1.82, 2.24) is 9.78 Å². The van der Waals surface area contributed by atoms with Crippen molar-refractivity contribution in [3.8, 4) is 17.2 Å². The highest BCUT2D eigenvalue weighted by molar-refractivity contribution is 6.06. The van der Waals surface area contributed by atoms with Crippen LogP contribution in [0.2, 0.25) is 0 Å². The van der Waals surface area contributed by atoms with Crippen molar-refractivity contribution >= 4 is 11.6 Å². The standard InChI is InChI=1S/C24H29N3O3/c1-5-14-29-21-13-12-19(16-22(21)30-15-6-2)25-24(28)23-17(3)26-27(18(23)4)20-10-8-7-9-11-20/h7-13,16H,5-6,14-15H2,1-4H3,(H,25,28). The molecule has 1 heterocycles. The number of hydrogen-bond acceptors (Lipinski definition) is 4. The number of nitrogens with one attached hydrogen (secondary N) is 1. The maximum absolute atomic E-state index is 13.0. The topological polar surface area (TPSA) is 65.4 Å². The van der Waals surface area contributed by atoms with Crippen LogP contribution in [0.1, 0.15) is 48.4 Å². The zero-order valence-corrected chi connectivity index (χ0v) is 18.1. The number of carbonyl (C=O) groups is 1. The van der Waals surface area contributed by atoms with Crippen LogP contribution in [0.4, 0.5) is 5.69 Å². The molecule has 0 bridgehead atoms. The Morgan fingerprint density at radius 2 is 1.63 bits per heavy atom. The molecule has 1 N–H and O–H groups in total. The summed E-state index contributed by atoms with van der Waals surface area (Å²) in [6, 6.07) is 15.3. The number of rotatable bonds is 9. The summed E-state index contributed by atoms with van der Waals surface area (Å²) in [6.45, 7) is 9.06. The smallest absolute Gasteiger partial charge is 0.259 e. The number of hydrogen-bond donors (Lipinski definition) is 1. The summed E-state index contributed by atoms with van der Waals surface area (Å²) in [5, 5.41) is 7.54. The second-order valence-electron chi connectivity index (χ2n) is 7.11. The van der Waals surface area contributed by atoms with Gasteiger partial charge in [0.15, 0.2) is 11.5 Å². The maximum atomic E-state index is 13.0. The van der Waals surface area contributed by atoms with Crippen LogP contribution in [-0.4, -0.2) is 28.9 Å². The quantitative estimate of drug-likeness (QED) is 0.521. The number of benzene rings is 2. The van der Waals surface area contributed by atoms with Gasteiger partial charge in [0, 0.05) is 11.8 Å². The van der Waals surface area contributed by atoms with Gasteiger partial charge in [0.1, 0.15) is 0 Å². The highest BCUT2D eigenvalue weighted by Crippen LogP contribution is 2.31. The average Bonchev–Trinajstić information content (AvgIpc) is 3.06. The molecule has 0 saturated heterocycles. The van der Waals surface area contributed by atoms with Gasteiger partial charge in [0.2, 0.25) is 0 Å². The van der Waals surface area contributed by atoms with Crippen molar-refractivity contribution in [3.63, 3.8) is 0 Å². The van der Waals surface area contributed by atoms with E-state index in [0.29, 0.717) is 41.7 Å². The van der Waals surface area contributed by atoms with Crippen LogP contribution in [0, 0.1) is 13.8 Å². The summed E-state index contributed by atoms with van der Waals surface area (Å²) in [7, 11) is 0. The Labute approximate surface area is 177 Å². The van der Waals surface area contributed by atoms with Crippen molar-refractivity contribution in [3.05, 3.63) is 65.5 Å². The van der Waals surface area contributed by atoms with Crippen molar-refractivity contribution in [1.29, 1.82) is 0 Å². The van der Waals surface area contributed by atoms with Gasteiger partial charge in [-0.15, -0.1) is 0 Å². The molecular weight excluding hydrogens is 378 g/mol. The summed E-state index contributed by atoms with van der Waals surface area (Å²) in [4.78, 5) is 13.0. The van der Waals surface area contributed by atoms with Crippen LogP contribution in [0.25, 0.3) is 5.69 Å². The lowest BCUT2D eigenvalue weighted by Gasteiger charge is -2.14. The highest BCUT2D eigenvalue weighted by Gasteiger charge is 2.20. The van der Waals surface area contributed by atoms with Gasteiger partial charge in [0.25, 0.3) is 5.91 Å². The molecule has 6 nitrogen and oxygen atoms in total. The van der Waals surface area contributed by atoms with Crippen LogP contribution in [0.15, 0.2) is 48.5 Å². The Hall–Kier alpha value is -3.28. The van der Waals surface area contributed by atoms with E-state index in [0.717, 1.165) is 24.2 Å². The molecule has 0 atom stereocenters. The molecule has 0 saturated carbocycles. The molecule has 3 rings (SSSR count). The lowest BCUT2D eigenvalue weighted by molar-refractivity contribution is 0.102. The number of anilines is 1. The molecule has 6 heteroatoms. The zero-order valence-electron chi connectivity index (χ0n) is 18.1. The summed E-state index contributed by atoms with van der Waals surface area (Å²) in [5.74, 6) is 1.12. The van der Waals surface area contributed by atoms with Crippen molar-refractivity contribution < 1.29 is 14.3 Å². The van der Waals surface area contributed by atoms with Gasteiger partial charge in [-0.05, 0) is 51.0 Å². The van der Waals surface area contributed by atoms with Crippen molar-refractivity contribution in [2.45, 2.75) is 40.5 Å². The summed E-state index contributed by atoms with van der Waals surface area (Å²) < 4.78 is 13.4. The molecule has 0 unspecified atom stereocenters. The van der Waals surface area contributed by atoms with E-state index in [2.05, 4.69) is 17.3 Å². The number of ether oxygens (including phenoxy) is 2. The third-order valence-corrected chi connectivity index (χ3v) is 4.64. The summed E-state index contributed by atoms with van der Waals surface area (Å²) >= 11 is 0. The monoisotopic (exact) mass is 407 g/mol. The largest absolute Gasteiger partial charge is 0.490 e. The molecule has 1 aromatic heterocycles. The van der Waals surface area contributed by atoms with E-state index in [1.165, 1.54) is 0 Å². The van der Waals surface area contributed by atoms with Crippen LogP contribution >= 0.6 is 0 Å². The minimum atomic E-state index is -0.198. The molecule has 0 aliphatic rings. The van der Waals surface area contributed by atoms with Crippen molar-refractivity contribution in [2.75, 3.05) is 18.5 Å². The van der Waals surface area contributed by atoms with Crippen LogP contribution < -0.4 is 14.8 Å². The maximum Gasteiger partial charge on any atom is 0.259 e. The first-order valence-electron chi connectivity index (χ1n) is 10.4. The van der Waals surface area contributed by atoms with Gasteiger partial charge < -0.3 is 14.8 Å². The molecule has 0 aliphatic carbocycles. The van der Waals surface area contributed by atoms with E-state index in [-0.39, 0.29) is 5.91 Å². The number of aryl methyl sites for hydroxylation is 1. The lowest BCUT2D eigenvalue weighted by Crippen LogP contribution is -2.14. The molecule has 158 valence electrons. The lowest BCUT2D eigenvalue weighted by atomic mass is 10.1. The fraction of sp³-hybridized carbons (Fsp3) is 0.333. The predicted octanol–water partition coefficient (Wildman–Crippen LogP) is 5.32. The Morgan fingerprint density at radius 1 is 0.967 bits per heavy atom. The van der Waals surface area contributed by atoms with Gasteiger partial charge >= 0.3 is 0 Å². The molecule has 30 heavy (non-hydrogen) atoms. The number of carbonyl (C=O) groups excluding carboxylic acids is 1. The molecule has 0 aliphatic heterocycles. The average molecular weight is 408 g/mol. The van der Waals surface area contributed by atoms with Gasteiger partial charge in [-0.2, -0.15) is 5.10 Å². The molecule has 0 spiro atoms. The van der Waals surface area contributed by atoms with E-state index in [1.54, 1.807) is 4.68 Å². The van der Waals surface area contributed by atoms with E-state index in [4.69, 9.17) is 9.47 Å². The van der Waals surface area contributed by atoms with Crippen LogP contribution in [0.3, 0.4) is 0 Å². The third kappa shape index (κ3) is 4.82. The molecular formula is C24H29N3O3. The molecule has 1 amide bonds. The first-order chi connectivity index (χ1) is 14.5. The second-order valence-corrected chi connectivity index (χ2v) is 7.11. The van der Waals surface area contributed by atoms with E-state index < -0.39 is 0 Å². The normalized spacial score (nSPS) is 10.7. The number of aromatic nitrogens is 2. The number of amides is 1. The number of para-hydroxylation sites is 1.